The molecule has 0 aromatic carbocycles. The van der Waals surface area contributed by atoms with Crippen LogP contribution in [-0.4, -0.2) is 25.5 Å². The first-order valence-corrected chi connectivity index (χ1v) is 7.99. The lowest BCUT2D eigenvalue weighted by Crippen LogP contribution is -2.25. The summed E-state index contributed by atoms with van der Waals surface area (Å²) in [5, 5.41) is 2.78. The molecule has 0 aliphatic heterocycles. The fraction of sp³-hybridized carbons (Fsp3) is 0.600. The molecule has 4 nitrogen and oxygen atoms in total. The van der Waals surface area contributed by atoms with Crippen LogP contribution in [0.15, 0.2) is 6.07 Å². The lowest BCUT2D eigenvalue weighted by Gasteiger charge is -2.07. The van der Waals surface area contributed by atoms with Crippen molar-refractivity contribution in [3.8, 4) is 0 Å². The fourth-order valence-electron chi connectivity index (χ4n) is 2.42. The Morgan fingerprint density at radius 2 is 2.00 bits per heavy atom. The van der Waals surface area contributed by atoms with E-state index in [9.17, 15) is 9.59 Å². The molecule has 0 fully saturated rings. The van der Waals surface area contributed by atoms with Gasteiger partial charge in [0.2, 0.25) is 0 Å². The third kappa shape index (κ3) is 4.07. The van der Waals surface area contributed by atoms with Crippen molar-refractivity contribution in [1.29, 1.82) is 0 Å². The zero-order valence-electron chi connectivity index (χ0n) is 11.9. The van der Waals surface area contributed by atoms with Crippen molar-refractivity contribution in [2.45, 2.75) is 44.9 Å². The van der Waals surface area contributed by atoms with Crippen LogP contribution in [0.1, 0.15) is 52.2 Å². The van der Waals surface area contributed by atoms with Crippen molar-refractivity contribution >= 4 is 23.2 Å². The van der Waals surface area contributed by atoms with Gasteiger partial charge < -0.3 is 10.1 Å². The number of rotatable bonds is 4. The van der Waals surface area contributed by atoms with E-state index in [-0.39, 0.29) is 18.3 Å². The number of ether oxygens (including phenoxy) is 1. The van der Waals surface area contributed by atoms with Crippen molar-refractivity contribution in [2.24, 2.45) is 0 Å². The van der Waals surface area contributed by atoms with Crippen molar-refractivity contribution in [1.82, 2.24) is 5.32 Å². The Morgan fingerprint density at radius 3 is 2.75 bits per heavy atom. The second-order valence-electron chi connectivity index (χ2n) is 5.06. The molecule has 0 spiro atoms. The van der Waals surface area contributed by atoms with Crippen LogP contribution in [0.4, 0.5) is 0 Å². The fourth-order valence-corrected chi connectivity index (χ4v) is 3.59. The van der Waals surface area contributed by atoms with E-state index in [2.05, 4.69) is 10.1 Å². The monoisotopic (exact) mass is 295 g/mol. The van der Waals surface area contributed by atoms with Crippen LogP contribution in [-0.2, 0) is 22.4 Å². The largest absolute Gasteiger partial charge is 0.469 e. The van der Waals surface area contributed by atoms with Crippen LogP contribution >= 0.6 is 11.3 Å². The number of esters is 1. The number of fused-ring (bicyclic) bond motifs is 1. The van der Waals surface area contributed by atoms with E-state index < -0.39 is 0 Å². The summed E-state index contributed by atoms with van der Waals surface area (Å²) in [6, 6.07) is 2.03. The predicted octanol–water partition coefficient (Wildman–Crippen LogP) is 2.70. The number of aryl methyl sites for hydroxylation is 2. The van der Waals surface area contributed by atoms with Crippen molar-refractivity contribution in [2.75, 3.05) is 13.7 Å². The Morgan fingerprint density at radius 1 is 1.25 bits per heavy atom. The molecule has 0 saturated heterocycles. The number of hydrogen-bond acceptors (Lipinski definition) is 4. The topological polar surface area (TPSA) is 55.4 Å². The third-order valence-electron chi connectivity index (χ3n) is 3.56. The average Bonchev–Trinajstić information content (AvgIpc) is 2.81. The summed E-state index contributed by atoms with van der Waals surface area (Å²) in [4.78, 5) is 25.2. The molecular weight excluding hydrogens is 274 g/mol. The summed E-state index contributed by atoms with van der Waals surface area (Å²) in [5.74, 6) is -0.380. The highest BCUT2D eigenvalue weighted by Gasteiger charge is 2.15. The lowest BCUT2D eigenvalue weighted by atomic mass is 10.00. The Balaban J connectivity index is 1.93. The number of carbonyl (C=O) groups excluding carboxylic acids is 2. The van der Waals surface area contributed by atoms with Gasteiger partial charge in [-0.1, -0.05) is 12.8 Å². The molecule has 5 heteroatoms. The number of thiophene rings is 1. The number of methoxy groups -OCH3 is 1. The standard InChI is InChI=1S/C15H21NO3S/c1-19-14(17)8-9-16-15(18)13-10-11-6-4-2-3-5-7-12(11)20-13/h10H,2-9H2,1H3,(H,16,18). The van der Waals surface area contributed by atoms with Gasteiger partial charge in [0.25, 0.3) is 5.91 Å². The first-order chi connectivity index (χ1) is 9.70. The molecule has 0 saturated carbocycles. The molecule has 1 aromatic heterocycles. The Hall–Kier alpha value is -1.36. The Bertz CT molecular complexity index is 456. The molecule has 0 unspecified atom stereocenters. The van der Waals surface area contributed by atoms with Gasteiger partial charge in [-0.15, -0.1) is 11.3 Å². The van der Waals surface area contributed by atoms with Gasteiger partial charge in [-0.3, -0.25) is 9.59 Å². The zero-order chi connectivity index (χ0) is 14.4. The molecule has 110 valence electrons. The Labute approximate surface area is 123 Å². The summed E-state index contributed by atoms with van der Waals surface area (Å²) in [5.41, 5.74) is 1.34. The number of carbonyl (C=O) groups is 2. The molecule has 1 aromatic rings. The minimum Gasteiger partial charge on any atom is -0.469 e. The normalized spacial score (nSPS) is 14.8. The van der Waals surface area contributed by atoms with E-state index >= 15 is 0 Å². The van der Waals surface area contributed by atoms with Crippen molar-refractivity contribution in [3.05, 3.63) is 21.4 Å². The van der Waals surface area contributed by atoms with Gasteiger partial charge in [0.15, 0.2) is 0 Å². The minimum atomic E-state index is -0.302. The highest BCUT2D eigenvalue weighted by atomic mass is 32.1. The van der Waals surface area contributed by atoms with Crippen LogP contribution in [0, 0.1) is 0 Å². The van der Waals surface area contributed by atoms with Gasteiger partial charge in [0, 0.05) is 11.4 Å². The lowest BCUT2D eigenvalue weighted by molar-refractivity contribution is -0.140. The first-order valence-electron chi connectivity index (χ1n) is 7.17. The Kier molecular flexibility index (Phi) is 5.59. The summed E-state index contributed by atoms with van der Waals surface area (Å²) in [7, 11) is 1.35. The van der Waals surface area contributed by atoms with Gasteiger partial charge in [-0.25, -0.2) is 0 Å². The summed E-state index contributed by atoms with van der Waals surface area (Å²) in [6.07, 6.45) is 7.40. The maximum absolute atomic E-state index is 12.1. The van der Waals surface area contributed by atoms with Crippen LogP contribution in [0.25, 0.3) is 0 Å². The quantitative estimate of drug-likeness (QED) is 0.869. The van der Waals surface area contributed by atoms with Gasteiger partial charge >= 0.3 is 5.97 Å². The zero-order valence-corrected chi connectivity index (χ0v) is 12.7. The molecule has 2 rings (SSSR count). The van der Waals surface area contributed by atoms with Gasteiger partial charge in [-0.2, -0.15) is 0 Å². The molecule has 0 bridgehead atoms. The smallest absolute Gasteiger partial charge is 0.307 e. The highest BCUT2D eigenvalue weighted by molar-refractivity contribution is 7.14. The molecule has 1 aliphatic rings. The van der Waals surface area contributed by atoms with E-state index in [1.54, 1.807) is 11.3 Å². The number of nitrogens with one attached hydrogen (secondary N) is 1. The van der Waals surface area contributed by atoms with Crippen LogP contribution in [0.5, 0.6) is 0 Å². The van der Waals surface area contributed by atoms with Crippen molar-refractivity contribution < 1.29 is 14.3 Å². The van der Waals surface area contributed by atoms with E-state index in [1.807, 2.05) is 6.07 Å². The summed E-state index contributed by atoms with van der Waals surface area (Å²) < 4.78 is 4.54. The molecule has 20 heavy (non-hydrogen) atoms. The van der Waals surface area contributed by atoms with E-state index in [0.717, 1.165) is 17.7 Å². The summed E-state index contributed by atoms with van der Waals surface area (Å²) in [6.45, 7) is 0.327. The van der Waals surface area contributed by atoms with Crippen LogP contribution in [0.3, 0.4) is 0 Å². The molecule has 0 radical (unpaired) electrons. The maximum Gasteiger partial charge on any atom is 0.307 e. The molecular formula is C15H21NO3S. The van der Waals surface area contributed by atoms with Gasteiger partial charge in [0.1, 0.15) is 0 Å². The second kappa shape index (κ2) is 7.43. The predicted molar refractivity (Wildman–Crippen MR) is 79.2 cm³/mol. The first kappa shape index (κ1) is 15.0. The highest BCUT2D eigenvalue weighted by Crippen LogP contribution is 2.28. The molecule has 1 amide bonds. The van der Waals surface area contributed by atoms with E-state index in [4.69, 9.17) is 0 Å². The molecule has 1 heterocycles. The molecule has 1 aliphatic carbocycles. The number of hydrogen-bond donors (Lipinski definition) is 1. The van der Waals surface area contributed by atoms with Gasteiger partial charge in [0.05, 0.1) is 18.4 Å². The van der Waals surface area contributed by atoms with E-state index in [0.29, 0.717) is 6.54 Å². The van der Waals surface area contributed by atoms with Crippen molar-refractivity contribution in [3.63, 3.8) is 0 Å². The van der Waals surface area contributed by atoms with E-state index in [1.165, 1.54) is 43.2 Å². The second-order valence-corrected chi connectivity index (χ2v) is 6.19. The SMILES string of the molecule is COC(=O)CCNC(=O)c1cc2c(s1)CCCCCC2. The summed E-state index contributed by atoms with van der Waals surface area (Å²) >= 11 is 1.60. The van der Waals surface area contributed by atoms with Crippen LogP contribution in [0.2, 0.25) is 0 Å². The molecule has 0 atom stereocenters. The minimum absolute atomic E-state index is 0.0781. The van der Waals surface area contributed by atoms with Crippen LogP contribution < -0.4 is 5.32 Å². The average molecular weight is 295 g/mol. The molecule has 1 N–H and O–H groups in total. The van der Waals surface area contributed by atoms with Gasteiger partial charge in [-0.05, 0) is 37.3 Å². The third-order valence-corrected chi connectivity index (χ3v) is 4.80. The maximum atomic E-state index is 12.1. The number of amides is 1.